The lowest BCUT2D eigenvalue weighted by molar-refractivity contribution is -0.141. The number of benzene rings is 1. The molecule has 2 N–H and O–H groups in total. The van der Waals surface area contributed by atoms with Gasteiger partial charge in [0, 0.05) is 29.0 Å². The summed E-state index contributed by atoms with van der Waals surface area (Å²) in [6.45, 7) is 0.384. The third-order valence-electron chi connectivity index (χ3n) is 8.25. The van der Waals surface area contributed by atoms with Crippen molar-refractivity contribution in [2.24, 2.45) is 29.6 Å². The molecule has 6 rings (SSSR count). The highest BCUT2D eigenvalue weighted by Crippen LogP contribution is 2.68. The van der Waals surface area contributed by atoms with Gasteiger partial charge in [0.05, 0.1) is 16.9 Å². The molecule has 34 heavy (non-hydrogen) atoms. The van der Waals surface area contributed by atoms with Crippen molar-refractivity contribution in [2.45, 2.75) is 48.3 Å². The van der Waals surface area contributed by atoms with E-state index in [1.807, 2.05) is 18.2 Å². The third kappa shape index (κ3) is 3.31. The Morgan fingerprint density at radius 3 is 2.50 bits per heavy atom. The summed E-state index contributed by atoms with van der Waals surface area (Å²) >= 11 is 2.99. The number of hydrogen-bond donors (Lipinski definition) is 2. The topological polar surface area (TPSA) is 108 Å². The summed E-state index contributed by atoms with van der Waals surface area (Å²) in [7, 11) is 0. The van der Waals surface area contributed by atoms with Gasteiger partial charge in [-0.3, -0.25) is 24.1 Å². The molecule has 178 valence electrons. The van der Waals surface area contributed by atoms with Gasteiger partial charge in [-0.15, -0.1) is 11.8 Å². The van der Waals surface area contributed by atoms with Crippen molar-refractivity contribution >= 4 is 40.9 Å². The largest absolute Gasteiger partial charge is 0.481 e. The van der Waals surface area contributed by atoms with Crippen molar-refractivity contribution < 1.29 is 19.5 Å². The number of nitrogens with zero attached hydrogens (tertiary/aromatic N) is 1. The van der Waals surface area contributed by atoms with Crippen LogP contribution in [-0.4, -0.2) is 44.6 Å². The lowest BCUT2D eigenvalue weighted by Crippen LogP contribution is -2.42. The molecule has 7 nitrogen and oxygen atoms in total. The van der Waals surface area contributed by atoms with Crippen molar-refractivity contribution in [1.82, 2.24) is 9.88 Å². The highest BCUT2D eigenvalue weighted by Gasteiger charge is 2.69. The number of amides is 2. The Kier molecular flexibility index (Phi) is 5.44. The molecule has 0 spiro atoms. The molecule has 0 radical (unpaired) electrons. The Morgan fingerprint density at radius 1 is 1.03 bits per heavy atom. The zero-order valence-electron chi connectivity index (χ0n) is 18.5. The molecule has 4 aliphatic rings. The number of carbonyl (C=O) groups excluding carboxylic acids is 2. The van der Waals surface area contributed by atoms with Crippen LogP contribution in [0.25, 0.3) is 0 Å². The Morgan fingerprint density at radius 2 is 1.76 bits per heavy atom. The van der Waals surface area contributed by atoms with E-state index in [2.05, 4.69) is 17.1 Å². The number of hydrogen-bond acceptors (Lipinski definition) is 6. The van der Waals surface area contributed by atoms with Crippen LogP contribution in [0.2, 0.25) is 0 Å². The number of carboxylic acid groups (broad SMARTS) is 1. The quantitative estimate of drug-likeness (QED) is 0.447. The van der Waals surface area contributed by atoms with E-state index < -0.39 is 5.97 Å². The number of nitrogens with one attached hydrogen (secondary N) is 1. The number of rotatable bonds is 7. The second-order valence-corrected chi connectivity index (χ2v) is 12.1. The number of thioether (sulfide) groups is 1. The van der Waals surface area contributed by atoms with Crippen LogP contribution in [-0.2, 0) is 14.4 Å². The molecule has 1 saturated heterocycles. The van der Waals surface area contributed by atoms with E-state index in [0.29, 0.717) is 25.8 Å². The van der Waals surface area contributed by atoms with E-state index in [9.17, 15) is 19.2 Å². The SMILES string of the molecule is O=C(O)CCCCCN1C(=O)[C@@H]2[C@H]3C[C@@H]([C@@H]2C1=O)[C@@H]1[C@H](c2ccccc2)c2sc(=O)[nH]c2S[C@H]31. The second-order valence-electron chi connectivity index (χ2n) is 9.90. The Bertz CT molecular complexity index is 1210. The highest BCUT2D eigenvalue weighted by atomic mass is 32.2. The molecule has 2 aliphatic carbocycles. The normalized spacial score (nSPS) is 33.2. The molecule has 0 unspecified atom stereocenters. The second kappa shape index (κ2) is 8.37. The average Bonchev–Trinajstić information content (AvgIpc) is 3.54. The molecule has 2 aromatic rings. The molecule has 1 aromatic carbocycles. The van der Waals surface area contributed by atoms with Crippen molar-refractivity contribution in [1.29, 1.82) is 0 Å². The van der Waals surface area contributed by atoms with Gasteiger partial charge in [-0.05, 0) is 42.6 Å². The summed E-state index contributed by atoms with van der Waals surface area (Å²) in [6.07, 6.45) is 2.90. The van der Waals surface area contributed by atoms with Gasteiger partial charge in [0.1, 0.15) is 0 Å². The molecule has 2 amide bonds. The van der Waals surface area contributed by atoms with Crippen molar-refractivity contribution in [2.75, 3.05) is 6.54 Å². The van der Waals surface area contributed by atoms with Gasteiger partial charge in [-0.2, -0.15) is 0 Å². The van der Waals surface area contributed by atoms with Crippen LogP contribution < -0.4 is 4.87 Å². The van der Waals surface area contributed by atoms with Crippen LogP contribution in [0.4, 0.5) is 0 Å². The molecule has 2 aliphatic heterocycles. The van der Waals surface area contributed by atoms with Crippen molar-refractivity contribution in [3.63, 3.8) is 0 Å². The summed E-state index contributed by atoms with van der Waals surface area (Å²) in [5, 5.41) is 9.95. The van der Waals surface area contributed by atoms with Gasteiger partial charge in [-0.25, -0.2) is 0 Å². The minimum atomic E-state index is -0.817. The predicted octanol–water partition coefficient (Wildman–Crippen LogP) is 3.55. The number of unbranched alkanes of at least 4 members (excludes halogenated alkanes) is 2. The number of carbonyl (C=O) groups is 3. The molecule has 9 heteroatoms. The fraction of sp³-hybridized carbons (Fsp3) is 0.520. The van der Waals surface area contributed by atoms with Crippen LogP contribution in [0.15, 0.2) is 40.2 Å². The first-order valence-corrected chi connectivity index (χ1v) is 13.7. The van der Waals surface area contributed by atoms with Crippen LogP contribution >= 0.6 is 23.1 Å². The number of fused-ring (bicyclic) bond motifs is 9. The third-order valence-corrected chi connectivity index (χ3v) is 10.8. The Hall–Kier alpha value is -2.39. The van der Waals surface area contributed by atoms with Gasteiger partial charge in [0.15, 0.2) is 0 Å². The number of aromatic amines is 1. The van der Waals surface area contributed by atoms with Gasteiger partial charge in [0.2, 0.25) is 11.8 Å². The maximum absolute atomic E-state index is 13.5. The van der Waals surface area contributed by atoms with E-state index in [4.69, 9.17) is 5.11 Å². The molecular formula is C25H26N2O5S2. The minimum Gasteiger partial charge on any atom is -0.481 e. The monoisotopic (exact) mass is 498 g/mol. The summed E-state index contributed by atoms with van der Waals surface area (Å²) in [5.41, 5.74) is 1.17. The maximum Gasteiger partial charge on any atom is 0.305 e. The first kappa shape index (κ1) is 22.1. The Balaban J connectivity index is 1.28. The molecular weight excluding hydrogens is 472 g/mol. The fourth-order valence-electron chi connectivity index (χ4n) is 7.06. The summed E-state index contributed by atoms with van der Waals surface area (Å²) in [5.74, 6) is -0.847. The first-order chi connectivity index (χ1) is 16.5. The molecule has 2 bridgehead atoms. The first-order valence-electron chi connectivity index (χ1n) is 12.0. The standard InChI is InChI=1S/C25H26N2O5S2/c28-15(29)9-5-2-6-10-27-23(30)18-13-11-14(19(18)24(27)31)20-17(13)16(12-7-3-1-4-8-12)21-22(33-20)26-25(32)34-21/h1,3-4,7-8,13-14,16-20H,2,5-6,9-11H2,(H,26,32)(H,28,29)/t13-,14-,16+,17-,18+,19-,20-/m1/s1. The van der Waals surface area contributed by atoms with E-state index in [1.54, 1.807) is 11.8 Å². The maximum atomic E-state index is 13.5. The van der Waals surface area contributed by atoms with Gasteiger partial charge >= 0.3 is 10.8 Å². The van der Waals surface area contributed by atoms with Gasteiger partial charge < -0.3 is 10.1 Å². The molecule has 1 aromatic heterocycles. The average molecular weight is 499 g/mol. The molecule has 2 saturated carbocycles. The lowest BCUT2D eigenvalue weighted by Gasteiger charge is -2.43. The zero-order chi connectivity index (χ0) is 23.6. The summed E-state index contributed by atoms with van der Waals surface area (Å²) in [6, 6.07) is 10.3. The number of imide groups is 1. The molecule has 3 heterocycles. The van der Waals surface area contributed by atoms with E-state index in [1.165, 1.54) is 21.8 Å². The van der Waals surface area contributed by atoms with Gasteiger partial charge in [0.25, 0.3) is 0 Å². The number of carboxylic acids is 1. The van der Waals surface area contributed by atoms with E-state index >= 15 is 0 Å². The predicted molar refractivity (Wildman–Crippen MR) is 128 cm³/mol. The number of thiazole rings is 1. The lowest BCUT2D eigenvalue weighted by atomic mass is 9.68. The number of aliphatic carboxylic acids is 1. The van der Waals surface area contributed by atoms with Crippen LogP contribution in [0, 0.1) is 29.6 Å². The summed E-state index contributed by atoms with van der Waals surface area (Å²) in [4.78, 5) is 55.4. The van der Waals surface area contributed by atoms with Crippen LogP contribution in [0.3, 0.4) is 0 Å². The van der Waals surface area contributed by atoms with E-state index in [0.717, 1.165) is 16.3 Å². The minimum absolute atomic E-state index is 0.0379. The highest BCUT2D eigenvalue weighted by molar-refractivity contribution is 8.00. The smallest absolute Gasteiger partial charge is 0.305 e. The van der Waals surface area contributed by atoms with E-state index in [-0.39, 0.29) is 63.9 Å². The fourth-order valence-corrected chi connectivity index (χ4v) is 9.94. The molecule has 3 fully saturated rings. The van der Waals surface area contributed by atoms with Crippen molar-refractivity contribution in [3.05, 3.63) is 50.4 Å². The summed E-state index contributed by atoms with van der Waals surface area (Å²) < 4.78 is 0. The Labute approximate surface area is 204 Å². The van der Waals surface area contributed by atoms with Crippen LogP contribution in [0.5, 0.6) is 0 Å². The van der Waals surface area contributed by atoms with Crippen LogP contribution in [0.1, 0.15) is 48.5 Å². The number of H-pyrrole nitrogens is 1. The van der Waals surface area contributed by atoms with Gasteiger partial charge in [-0.1, -0.05) is 48.1 Å². The number of aromatic nitrogens is 1. The molecule has 7 atom stereocenters. The number of likely N-dealkylation sites (tertiary alicyclic amines) is 1. The zero-order valence-corrected chi connectivity index (χ0v) is 20.1. The van der Waals surface area contributed by atoms with Crippen molar-refractivity contribution in [3.8, 4) is 0 Å².